The van der Waals surface area contributed by atoms with Gasteiger partial charge in [0.25, 0.3) is 0 Å². The van der Waals surface area contributed by atoms with Crippen molar-refractivity contribution in [1.29, 1.82) is 0 Å². The molecule has 2 N–H and O–H groups in total. The van der Waals surface area contributed by atoms with Gasteiger partial charge in [-0.1, -0.05) is 0 Å². The molecule has 0 fully saturated rings. The first-order chi connectivity index (χ1) is 3.56. The highest BCUT2D eigenvalue weighted by molar-refractivity contribution is 8.29. The van der Waals surface area contributed by atoms with Gasteiger partial charge in [-0.05, 0) is 6.42 Å². The number of hydrogen-bond donors (Lipinski definition) is 2. The van der Waals surface area contributed by atoms with E-state index in [1.165, 1.54) is 0 Å². The van der Waals surface area contributed by atoms with Crippen LogP contribution in [0.2, 0.25) is 0 Å². The molecule has 0 amide bonds. The van der Waals surface area contributed by atoms with Gasteiger partial charge in [0.2, 0.25) is 0 Å². The predicted octanol–water partition coefficient (Wildman–Crippen LogP) is -0.412. The van der Waals surface area contributed by atoms with Gasteiger partial charge in [0, 0.05) is 17.8 Å². The Hall–Kier alpha value is 0.290. The topological polar surface area (TPSA) is 57.5 Å². The van der Waals surface area contributed by atoms with Crippen LogP contribution < -0.4 is 0 Å². The summed E-state index contributed by atoms with van der Waals surface area (Å²) in [5.74, 6) is 0.0127. The van der Waals surface area contributed by atoms with Crippen LogP contribution in [0, 0.1) is 0 Å². The summed E-state index contributed by atoms with van der Waals surface area (Å²) in [6, 6.07) is 0. The van der Waals surface area contributed by atoms with Gasteiger partial charge in [-0.3, -0.25) is 0 Å². The van der Waals surface area contributed by atoms with Gasteiger partial charge >= 0.3 is 0 Å². The zero-order valence-corrected chi connectivity index (χ0v) is 5.87. The van der Waals surface area contributed by atoms with Crippen molar-refractivity contribution in [2.24, 2.45) is 0 Å². The zero-order chi connectivity index (χ0) is 6.62. The third-order valence-electron chi connectivity index (χ3n) is 0.560. The Balaban J connectivity index is 3.42. The number of aliphatic hydroxyl groups excluding tert-OH is 1. The molecule has 8 heavy (non-hydrogen) atoms. The van der Waals surface area contributed by atoms with Crippen LogP contribution in [0.5, 0.6) is 0 Å². The molecule has 0 bridgehead atoms. The highest BCUT2D eigenvalue weighted by atomic mass is 32.8. The van der Waals surface area contributed by atoms with Crippen LogP contribution in [-0.2, 0) is 20.0 Å². The van der Waals surface area contributed by atoms with Crippen LogP contribution in [0.25, 0.3) is 0 Å². The maximum atomic E-state index is 10.2. The standard InChI is InChI=1S/C3H8O3S2/c4-2-1-3-8(5,6)7/h4H,1-3H2,(H,5,6,7). The first kappa shape index (κ1) is 8.29. The minimum Gasteiger partial charge on any atom is -0.396 e. The van der Waals surface area contributed by atoms with Crippen LogP contribution >= 0.6 is 0 Å². The van der Waals surface area contributed by atoms with Crippen LogP contribution in [-0.4, -0.2) is 26.2 Å². The summed E-state index contributed by atoms with van der Waals surface area (Å²) < 4.78 is 18.6. The lowest BCUT2D eigenvalue weighted by atomic mass is 10.5. The molecule has 0 aromatic carbocycles. The molecule has 3 nitrogen and oxygen atoms in total. The molecule has 50 valence electrons. The fourth-order valence-corrected chi connectivity index (χ4v) is 1.09. The molecule has 0 saturated heterocycles. The molecule has 5 heteroatoms. The van der Waals surface area contributed by atoms with Gasteiger partial charge in [-0.2, -0.15) is 0 Å². The van der Waals surface area contributed by atoms with Crippen molar-refractivity contribution in [2.45, 2.75) is 6.42 Å². The van der Waals surface area contributed by atoms with Gasteiger partial charge < -0.3 is 9.66 Å². The molecule has 0 spiro atoms. The number of hydrogen-bond acceptors (Lipinski definition) is 3. The largest absolute Gasteiger partial charge is 0.396 e. The summed E-state index contributed by atoms with van der Waals surface area (Å²) >= 11 is 4.12. The molecular weight excluding hydrogens is 148 g/mol. The lowest BCUT2D eigenvalue weighted by molar-refractivity contribution is 0.295. The third-order valence-corrected chi connectivity index (χ3v) is 1.86. The zero-order valence-electron chi connectivity index (χ0n) is 4.24. The van der Waals surface area contributed by atoms with Gasteiger partial charge in [0.15, 0.2) is 0 Å². The maximum Gasteiger partial charge on any atom is 0.141 e. The molecule has 0 aliphatic rings. The Kier molecular flexibility index (Phi) is 3.46. The van der Waals surface area contributed by atoms with Crippen molar-refractivity contribution < 1.29 is 13.9 Å². The SMILES string of the molecule is O=S(O)(=S)CCCO. The molecule has 0 aromatic heterocycles. The lowest BCUT2D eigenvalue weighted by Gasteiger charge is -1.93. The lowest BCUT2D eigenvalue weighted by Crippen LogP contribution is -2.03. The van der Waals surface area contributed by atoms with E-state index in [1.54, 1.807) is 0 Å². The molecule has 1 atom stereocenters. The molecule has 0 aliphatic carbocycles. The van der Waals surface area contributed by atoms with Crippen molar-refractivity contribution >= 4 is 20.0 Å². The quantitative estimate of drug-likeness (QED) is 0.583. The van der Waals surface area contributed by atoms with E-state index in [0.29, 0.717) is 6.42 Å². The van der Waals surface area contributed by atoms with Crippen LogP contribution in [0.3, 0.4) is 0 Å². The van der Waals surface area contributed by atoms with Crippen LogP contribution in [0.4, 0.5) is 0 Å². The number of rotatable bonds is 3. The Morgan fingerprint density at radius 2 is 2.12 bits per heavy atom. The van der Waals surface area contributed by atoms with Crippen molar-refractivity contribution in [3.8, 4) is 0 Å². The minimum atomic E-state index is -3.01. The predicted molar refractivity (Wildman–Crippen MR) is 34.7 cm³/mol. The molecule has 0 heterocycles. The first-order valence-corrected chi connectivity index (χ1v) is 4.73. The maximum absolute atomic E-state index is 10.2. The normalized spacial score (nSPS) is 17.8. The highest BCUT2D eigenvalue weighted by Crippen LogP contribution is 1.85. The monoisotopic (exact) mass is 156 g/mol. The van der Waals surface area contributed by atoms with E-state index in [9.17, 15) is 4.21 Å². The Morgan fingerprint density at radius 1 is 1.62 bits per heavy atom. The molecule has 0 saturated carbocycles. The summed E-state index contributed by atoms with van der Waals surface area (Å²) in [5, 5.41) is 8.15. The minimum absolute atomic E-state index is 0.0127. The average molecular weight is 156 g/mol. The van der Waals surface area contributed by atoms with Crippen LogP contribution in [0.1, 0.15) is 6.42 Å². The van der Waals surface area contributed by atoms with E-state index in [2.05, 4.69) is 11.2 Å². The van der Waals surface area contributed by atoms with Gasteiger partial charge in [0.1, 0.15) is 8.77 Å². The fourth-order valence-electron chi connectivity index (χ4n) is 0.247. The average Bonchev–Trinajstić information content (AvgIpc) is 1.59. The summed E-state index contributed by atoms with van der Waals surface area (Å²) in [4.78, 5) is 0. The molecule has 1 unspecified atom stereocenters. The summed E-state index contributed by atoms with van der Waals surface area (Å²) in [6.45, 7) is -0.0752. The van der Waals surface area contributed by atoms with Gasteiger partial charge in [-0.25, -0.2) is 4.21 Å². The van der Waals surface area contributed by atoms with E-state index < -0.39 is 8.77 Å². The second-order valence-electron chi connectivity index (χ2n) is 1.36. The summed E-state index contributed by atoms with van der Waals surface area (Å²) in [5.41, 5.74) is 0. The van der Waals surface area contributed by atoms with Crippen molar-refractivity contribution in [3.63, 3.8) is 0 Å². The van der Waals surface area contributed by atoms with E-state index in [-0.39, 0.29) is 12.4 Å². The Labute approximate surface area is 53.2 Å². The molecule has 0 aromatic rings. The van der Waals surface area contributed by atoms with Crippen LogP contribution in [0.15, 0.2) is 0 Å². The molecule has 0 aliphatic heterocycles. The third kappa shape index (κ3) is 6.29. The van der Waals surface area contributed by atoms with Gasteiger partial charge in [0.05, 0.1) is 5.75 Å². The molecular formula is C3H8O3S2. The number of aliphatic hydroxyl groups is 1. The Bertz CT molecular complexity index is 137. The smallest absolute Gasteiger partial charge is 0.141 e. The first-order valence-electron chi connectivity index (χ1n) is 2.12. The second-order valence-corrected chi connectivity index (χ2v) is 4.50. The second kappa shape index (κ2) is 3.34. The highest BCUT2D eigenvalue weighted by Gasteiger charge is 1.96. The van der Waals surface area contributed by atoms with E-state index in [0.717, 1.165) is 0 Å². The van der Waals surface area contributed by atoms with Crippen molar-refractivity contribution in [1.82, 2.24) is 0 Å². The fraction of sp³-hybridized carbons (Fsp3) is 1.00. The molecule has 0 radical (unpaired) electrons. The van der Waals surface area contributed by atoms with E-state index in [4.69, 9.17) is 9.66 Å². The van der Waals surface area contributed by atoms with E-state index >= 15 is 0 Å². The summed E-state index contributed by atoms with van der Waals surface area (Å²) in [6.07, 6.45) is 0.304. The molecule has 0 rings (SSSR count). The van der Waals surface area contributed by atoms with Gasteiger partial charge in [-0.15, -0.1) is 0 Å². The van der Waals surface area contributed by atoms with Crippen molar-refractivity contribution in [2.75, 3.05) is 12.4 Å². The Morgan fingerprint density at radius 3 is 2.25 bits per heavy atom. The summed E-state index contributed by atoms with van der Waals surface area (Å²) in [7, 11) is -3.01. The van der Waals surface area contributed by atoms with E-state index in [1.807, 2.05) is 0 Å². The van der Waals surface area contributed by atoms with Crippen molar-refractivity contribution in [3.05, 3.63) is 0 Å².